The number of halogens is 1. The van der Waals surface area contributed by atoms with Gasteiger partial charge in [-0.1, -0.05) is 24.6 Å². The SMILES string of the molecule is CCCN1CCN(C(CO)c2ccc(OC(C)C)c(Cl)c2)CC1. The standard InChI is InChI=1S/C18H29ClN2O2/c1-4-7-20-8-10-21(11-9-20)17(13-22)15-5-6-18(16(19)12-15)23-14(2)3/h5-6,12,14,17,22H,4,7-11,13H2,1-3H3. The summed E-state index contributed by atoms with van der Waals surface area (Å²) in [6.45, 7) is 11.5. The lowest BCUT2D eigenvalue weighted by atomic mass is 10.0. The summed E-state index contributed by atoms with van der Waals surface area (Å²) in [5.74, 6) is 0.704. The van der Waals surface area contributed by atoms with Gasteiger partial charge in [0, 0.05) is 26.2 Å². The topological polar surface area (TPSA) is 35.9 Å². The Kier molecular flexibility index (Phi) is 7.15. The minimum atomic E-state index is 0.00405. The van der Waals surface area contributed by atoms with E-state index in [9.17, 15) is 5.11 Å². The highest BCUT2D eigenvalue weighted by molar-refractivity contribution is 6.32. The van der Waals surface area contributed by atoms with Crippen LogP contribution in [0.4, 0.5) is 0 Å². The van der Waals surface area contributed by atoms with E-state index in [-0.39, 0.29) is 18.8 Å². The van der Waals surface area contributed by atoms with Crippen LogP contribution in [0.5, 0.6) is 5.75 Å². The van der Waals surface area contributed by atoms with Crippen LogP contribution in [0, 0.1) is 0 Å². The zero-order valence-electron chi connectivity index (χ0n) is 14.5. The zero-order valence-corrected chi connectivity index (χ0v) is 15.2. The first-order chi connectivity index (χ1) is 11.0. The van der Waals surface area contributed by atoms with Crippen molar-refractivity contribution in [3.05, 3.63) is 28.8 Å². The van der Waals surface area contributed by atoms with Crippen LogP contribution in [-0.4, -0.2) is 60.3 Å². The minimum Gasteiger partial charge on any atom is -0.489 e. The molecule has 1 aliphatic rings. The van der Waals surface area contributed by atoms with Crippen molar-refractivity contribution in [1.29, 1.82) is 0 Å². The van der Waals surface area contributed by atoms with E-state index in [1.165, 1.54) is 6.42 Å². The Balaban J connectivity index is 2.05. The molecular weight excluding hydrogens is 312 g/mol. The quantitative estimate of drug-likeness (QED) is 0.827. The van der Waals surface area contributed by atoms with Crippen molar-refractivity contribution < 1.29 is 9.84 Å². The van der Waals surface area contributed by atoms with Crippen molar-refractivity contribution >= 4 is 11.6 Å². The molecule has 0 aliphatic carbocycles. The predicted molar refractivity (Wildman–Crippen MR) is 95.3 cm³/mol. The number of rotatable bonds is 7. The molecule has 1 heterocycles. The minimum absolute atomic E-state index is 0.00405. The molecule has 0 radical (unpaired) electrons. The maximum Gasteiger partial charge on any atom is 0.138 e. The fraction of sp³-hybridized carbons (Fsp3) is 0.667. The lowest BCUT2D eigenvalue weighted by Gasteiger charge is -2.38. The van der Waals surface area contributed by atoms with E-state index in [1.807, 2.05) is 32.0 Å². The van der Waals surface area contributed by atoms with E-state index < -0.39 is 0 Å². The van der Waals surface area contributed by atoms with E-state index >= 15 is 0 Å². The van der Waals surface area contributed by atoms with Crippen LogP contribution in [0.2, 0.25) is 5.02 Å². The summed E-state index contributed by atoms with van der Waals surface area (Å²) in [5, 5.41) is 10.5. The molecule has 0 spiro atoms. The van der Waals surface area contributed by atoms with E-state index in [4.69, 9.17) is 16.3 Å². The number of nitrogens with zero attached hydrogens (tertiary/aromatic N) is 2. The van der Waals surface area contributed by atoms with Gasteiger partial charge in [-0.2, -0.15) is 0 Å². The molecular formula is C18H29ClN2O2. The van der Waals surface area contributed by atoms with Crippen molar-refractivity contribution in [3.8, 4) is 5.75 Å². The third kappa shape index (κ3) is 5.08. The summed E-state index contributed by atoms with van der Waals surface area (Å²) in [7, 11) is 0. The average Bonchev–Trinajstić information content (AvgIpc) is 2.52. The lowest BCUT2D eigenvalue weighted by molar-refractivity contribution is 0.0651. The third-order valence-electron chi connectivity index (χ3n) is 4.26. The number of hydrogen-bond acceptors (Lipinski definition) is 4. The van der Waals surface area contributed by atoms with Gasteiger partial charge < -0.3 is 14.7 Å². The Bertz CT molecular complexity index is 488. The Morgan fingerprint density at radius 2 is 1.91 bits per heavy atom. The number of piperazine rings is 1. The maximum absolute atomic E-state index is 9.88. The largest absolute Gasteiger partial charge is 0.489 e. The molecule has 23 heavy (non-hydrogen) atoms. The second-order valence-corrected chi connectivity index (χ2v) is 6.84. The number of aliphatic hydroxyl groups is 1. The average molecular weight is 341 g/mol. The van der Waals surface area contributed by atoms with Gasteiger partial charge in [-0.25, -0.2) is 0 Å². The normalized spacial score (nSPS) is 18.3. The number of hydrogen-bond donors (Lipinski definition) is 1. The molecule has 2 rings (SSSR count). The molecule has 1 atom stereocenters. The van der Waals surface area contributed by atoms with Gasteiger partial charge in [-0.3, -0.25) is 4.90 Å². The predicted octanol–water partition coefficient (Wildman–Crippen LogP) is 3.19. The molecule has 1 aromatic carbocycles. The molecule has 0 saturated carbocycles. The van der Waals surface area contributed by atoms with Crippen molar-refractivity contribution in [3.63, 3.8) is 0 Å². The molecule has 5 heteroatoms. The molecule has 4 nitrogen and oxygen atoms in total. The van der Waals surface area contributed by atoms with E-state index in [0.29, 0.717) is 10.8 Å². The van der Waals surface area contributed by atoms with Crippen molar-refractivity contribution in [2.45, 2.75) is 39.3 Å². The van der Waals surface area contributed by atoms with Gasteiger partial charge in [0.1, 0.15) is 5.75 Å². The van der Waals surface area contributed by atoms with Gasteiger partial charge in [0.2, 0.25) is 0 Å². The van der Waals surface area contributed by atoms with Gasteiger partial charge >= 0.3 is 0 Å². The summed E-state index contributed by atoms with van der Waals surface area (Å²) < 4.78 is 5.69. The Morgan fingerprint density at radius 1 is 1.22 bits per heavy atom. The number of aliphatic hydroxyl groups excluding tert-OH is 1. The Morgan fingerprint density at radius 3 is 2.43 bits per heavy atom. The van der Waals surface area contributed by atoms with Crippen LogP contribution in [0.25, 0.3) is 0 Å². The van der Waals surface area contributed by atoms with Gasteiger partial charge in [0.15, 0.2) is 0 Å². The highest BCUT2D eigenvalue weighted by atomic mass is 35.5. The Hall–Kier alpha value is -0.810. The van der Waals surface area contributed by atoms with Gasteiger partial charge in [0.25, 0.3) is 0 Å². The highest BCUT2D eigenvalue weighted by Crippen LogP contribution is 2.31. The summed E-state index contributed by atoms with van der Waals surface area (Å²) in [5.41, 5.74) is 1.05. The fourth-order valence-corrected chi connectivity index (χ4v) is 3.35. The smallest absolute Gasteiger partial charge is 0.138 e. The Labute approximate surface area is 145 Å². The summed E-state index contributed by atoms with van der Waals surface area (Å²) >= 11 is 6.34. The van der Waals surface area contributed by atoms with E-state index in [0.717, 1.165) is 38.3 Å². The molecule has 1 saturated heterocycles. The summed E-state index contributed by atoms with van der Waals surface area (Å²) in [6, 6.07) is 5.86. The number of ether oxygens (including phenoxy) is 1. The van der Waals surface area contributed by atoms with Gasteiger partial charge in [0.05, 0.1) is 23.8 Å². The zero-order chi connectivity index (χ0) is 16.8. The van der Waals surface area contributed by atoms with E-state index in [1.54, 1.807) is 0 Å². The molecule has 130 valence electrons. The highest BCUT2D eigenvalue weighted by Gasteiger charge is 2.24. The first-order valence-electron chi connectivity index (χ1n) is 8.58. The van der Waals surface area contributed by atoms with Crippen molar-refractivity contribution in [1.82, 2.24) is 9.80 Å². The van der Waals surface area contributed by atoms with Crippen LogP contribution in [0.15, 0.2) is 18.2 Å². The lowest BCUT2D eigenvalue weighted by Crippen LogP contribution is -2.48. The molecule has 1 aromatic rings. The molecule has 0 aromatic heterocycles. The van der Waals surface area contributed by atoms with Crippen LogP contribution in [0.1, 0.15) is 38.8 Å². The molecule has 1 fully saturated rings. The number of benzene rings is 1. The van der Waals surface area contributed by atoms with Gasteiger partial charge in [-0.05, 0) is 44.5 Å². The maximum atomic E-state index is 9.88. The first-order valence-corrected chi connectivity index (χ1v) is 8.96. The van der Waals surface area contributed by atoms with Crippen LogP contribution < -0.4 is 4.74 Å². The molecule has 1 N–H and O–H groups in total. The van der Waals surface area contributed by atoms with Crippen LogP contribution in [-0.2, 0) is 0 Å². The third-order valence-corrected chi connectivity index (χ3v) is 4.56. The molecule has 0 bridgehead atoms. The molecule has 1 aliphatic heterocycles. The van der Waals surface area contributed by atoms with Crippen LogP contribution in [0.3, 0.4) is 0 Å². The second-order valence-electron chi connectivity index (χ2n) is 6.43. The second kappa shape index (κ2) is 8.88. The van der Waals surface area contributed by atoms with Crippen LogP contribution >= 0.6 is 11.6 Å². The summed E-state index contributed by atoms with van der Waals surface area (Å²) in [6.07, 6.45) is 1.29. The van der Waals surface area contributed by atoms with Crippen molar-refractivity contribution in [2.24, 2.45) is 0 Å². The molecule has 0 amide bonds. The fourth-order valence-electron chi connectivity index (χ4n) is 3.12. The van der Waals surface area contributed by atoms with E-state index in [2.05, 4.69) is 16.7 Å². The van der Waals surface area contributed by atoms with Crippen molar-refractivity contribution in [2.75, 3.05) is 39.3 Å². The molecule has 1 unspecified atom stereocenters. The monoisotopic (exact) mass is 340 g/mol. The van der Waals surface area contributed by atoms with Gasteiger partial charge in [-0.15, -0.1) is 0 Å². The first kappa shape index (κ1) is 18.5. The summed E-state index contributed by atoms with van der Waals surface area (Å²) in [4.78, 5) is 4.83.